The molecule has 15 heavy (non-hydrogen) atoms. The average Bonchev–Trinajstić information content (AvgIpc) is 2.20. The second kappa shape index (κ2) is 6.72. The molecule has 1 aromatic carbocycles. The number of ether oxygens (including phenoxy) is 1. The van der Waals surface area contributed by atoms with Gasteiger partial charge in [0, 0.05) is 0 Å². The van der Waals surface area contributed by atoms with E-state index >= 15 is 0 Å². The zero-order chi connectivity index (χ0) is 11.1. The van der Waals surface area contributed by atoms with Crippen molar-refractivity contribution in [1.29, 1.82) is 0 Å². The Bertz CT molecular complexity index is 289. The van der Waals surface area contributed by atoms with Crippen LogP contribution in [0.25, 0.3) is 0 Å². The molecule has 0 saturated heterocycles. The lowest BCUT2D eigenvalue weighted by Gasteiger charge is -2.07. The van der Waals surface area contributed by atoms with Crippen LogP contribution < -0.4 is 4.74 Å². The molecule has 0 aliphatic rings. The smallest absolute Gasteiger partial charge is 0.165 e. The summed E-state index contributed by atoms with van der Waals surface area (Å²) in [5.41, 5.74) is 0. The highest BCUT2D eigenvalue weighted by molar-refractivity contribution is 7.99. The van der Waals surface area contributed by atoms with E-state index in [9.17, 15) is 4.39 Å². The van der Waals surface area contributed by atoms with Gasteiger partial charge in [-0.2, -0.15) is 11.8 Å². The van der Waals surface area contributed by atoms with Gasteiger partial charge in [-0.1, -0.05) is 26.0 Å². The number of hydrogen-bond donors (Lipinski definition) is 0. The molecule has 0 spiro atoms. The standard InChI is InChI=1S/C12H17FOS/c1-10(2)15-9-5-8-14-12-7-4-3-6-11(12)13/h3-4,6-7,10H,5,8-9H2,1-2H3. The van der Waals surface area contributed by atoms with Gasteiger partial charge in [0.25, 0.3) is 0 Å². The molecular formula is C12H17FOS. The third kappa shape index (κ3) is 5.07. The van der Waals surface area contributed by atoms with Gasteiger partial charge >= 0.3 is 0 Å². The van der Waals surface area contributed by atoms with E-state index in [2.05, 4.69) is 13.8 Å². The van der Waals surface area contributed by atoms with Crippen LogP contribution in [0.2, 0.25) is 0 Å². The molecule has 0 bridgehead atoms. The van der Waals surface area contributed by atoms with E-state index in [0.717, 1.165) is 12.2 Å². The molecule has 84 valence electrons. The molecule has 0 N–H and O–H groups in total. The van der Waals surface area contributed by atoms with E-state index in [-0.39, 0.29) is 5.82 Å². The van der Waals surface area contributed by atoms with Crippen LogP contribution in [0.5, 0.6) is 5.75 Å². The molecule has 0 aromatic heterocycles. The Morgan fingerprint density at radius 2 is 2.07 bits per heavy atom. The molecule has 0 saturated carbocycles. The summed E-state index contributed by atoms with van der Waals surface area (Å²) in [6.45, 7) is 4.92. The summed E-state index contributed by atoms with van der Waals surface area (Å²) in [6, 6.07) is 6.52. The molecule has 0 aliphatic carbocycles. The lowest BCUT2D eigenvalue weighted by atomic mass is 10.3. The molecular weight excluding hydrogens is 211 g/mol. The van der Waals surface area contributed by atoms with E-state index in [1.807, 2.05) is 11.8 Å². The van der Waals surface area contributed by atoms with Crippen molar-refractivity contribution >= 4 is 11.8 Å². The number of para-hydroxylation sites is 1. The minimum absolute atomic E-state index is 0.283. The Labute approximate surface area is 95.0 Å². The first kappa shape index (κ1) is 12.4. The van der Waals surface area contributed by atoms with E-state index in [1.54, 1.807) is 18.2 Å². The first-order chi connectivity index (χ1) is 7.20. The van der Waals surface area contributed by atoms with Crippen LogP contribution in [0, 0.1) is 5.82 Å². The summed E-state index contributed by atoms with van der Waals surface area (Å²) in [6.07, 6.45) is 0.956. The maximum atomic E-state index is 13.1. The highest BCUT2D eigenvalue weighted by atomic mass is 32.2. The minimum Gasteiger partial charge on any atom is -0.490 e. The fraction of sp³-hybridized carbons (Fsp3) is 0.500. The molecule has 1 rings (SSSR count). The molecule has 1 aromatic rings. The predicted molar refractivity (Wildman–Crippen MR) is 64.1 cm³/mol. The Balaban J connectivity index is 2.18. The summed E-state index contributed by atoms with van der Waals surface area (Å²) < 4.78 is 18.4. The van der Waals surface area contributed by atoms with Crippen molar-refractivity contribution in [3.8, 4) is 5.75 Å². The molecule has 3 heteroatoms. The zero-order valence-electron chi connectivity index (χ0n) is 9.20. The Morgan fingerprint density at radius 3 is 2.73 bits per heavy atom. The van der Waals surface area contributed by atoms with Crippen LogP contribution in [0.1, 0.15) is 20.3 Å². The Kier molecular flexibility index (Phi) is 5.54. The van der Waals surface area contributed by atoms with Gasteiger partial charge in [-0.3, -0.25) is 0 Å². The van der Waals surface area contributed by atoms with Crippen molar-refractivity contribution in [3.63, 3.8) is 0 Å². The first-order valence-electron chi connectivity index (χ1n) is 5.19. The molecule has 0 radical (unpaired) electrons. The summed E-state index contributed by atoms with van der Waals surface area (Å²) in [5, 5.41) is 0.651. The average molecular weight is 228 g/mol. The van der Waals surface area contributed by atoms with Crippen LogP contribution in [-0.2, 0) is 0 Å². The van der Waals surface area contributed by atoms with E-state index in [1.165, 1.54) is 6.07 Å². The summed E-state index contributed by atoms with van der Waals surface area (Å²) >= 11 is 1.90. The van der Waals surface area contributed by atoms with Gasteiger partial charge in [0.05, 0.1) is 6.61 Å². The van der Waals surface area contributed by atoms with E-state index in [0.29, 0.717) is 17.6 Å². The lowest BCUT2D eigenvalue weighted by Crippen LogP contribution is -2.01. The van der Waals surface area contributed by atoms with Crippen molar-refractivity contribution in [2.75, 3.05) is 12.4 Å². The molecule has 0 unspecified atom stereocenters. The maximum Gasteiger partial charge on any atom is 0.165 e. The first-order valence-corrected chi connectivity index (χ1v) is 6.24. The summed E-state index contributed by atoms with van der Waals surface area (Å²) in [7, 11) is 0. The highest BCUT2D eigenvalue weighted by Gasteiger charge is 2.00. The van der Waals surface area contributed by atoms with Gasteiger partial charge in [0.1, 0.15) is 0 Å². The number of thioether (sulfide) groups is 1. The molecule has 0 fully saturated rings. The van der Waals surface area contributed by atoms with E-state index < -0.39 is 0 Å². The van der Waals surface area contributed by atoms with Crippen LogP contribution in [-0.4, -0.2) is 17.6 Å². The fourth-order valence-electron chi connectivity index (χ4n) is 1.12. The second-order valence-corrected chi connectivity index (χ2v) is 5.24. The van der Waals surface area contributed by atoms with Crippen molar-refractivity contribution in [2.24, 2.45) is 0 Å². The maximum absolute atomic E-state index is 13.1. The number of halogens is 1. The van der Waals surface area contributed by atoms with Crippen LogP contribution in [0.3, 0.4) is 0 Å². The quantitative estimate of drug-likeness (QED) is 0.686. The number of benzene rings is 1. The molecule has 0 amide bonds. The number of rotatable bonds is 6. The topological polar surface area (TPSA) is 9.23 Å². The van der Waals surface area contributed by atoms with Gasteiger partial charge in [-0.05, 0) is 29.6 Å². The van der Waals surface area contributed by atoms with Gasteiger partial charge in [-0.15, -0.1) is 0 Å². The summed E-state index contributed by atoms with van der Waals surface area (Å²) in [4.78, 5) is 0. The Morgan fingerprint density at radius 1 is 1.33 bits per heavy atom. The van der Waals surface area contributed by atoms with Crippen molar-refractivity contribution in [3.05, 3.63) is 30.1 Å². The van der Waals surface area contributed by atoms with Gasteiger partial charge in [0.2, 0.25) is 0 Å². The zero-order valence-corrected chi connectivity index (χ0v) is 10.0. The van der Waals surface area contributed by atoms with Gasteiger partial charge < -0.3 is 4.74 Å². The predicted octanol–water partition coefficient (Wildman–Crippen LogP) is 3.74. The lowest BCUT2D eigenvalue weighted by molar-refractivity contribution is 0.302. The summed E-state index contributed by atoms with van der Waals surface area (Å²) in [5.74, 6) is 1.13. The third-order valence-corrected chi connectivity index (χ3v) is 3.03. The van der Waals surface area contributed by atoms with E-state index in [4.69, 9.17) is 4.74 Å². The minimum atomic E-state index is -0.283. The number of hydrogen-bond acceptors (Lipinski definition) is 2. The monoisotopic (exact) mass is 228 g/mol. The second-order valence-electron chi connectivity index (χ2n) is 3.55. The van der Waals surface area contributed by atoms with Crippen molar-refractivity contribution < 1.29 is 9.13 Å². The molecule has 0 heterocycles. The van der Waals surface area contributed by atoms with Crippen molar-refractivity contribution in [2.45, 2.75) is 25.5 Å². The van der Waals surface area contributed by atoms with Crippen LogP contribution in [0.15, 0.2) is 24.3 Å². The van der Waals surface area contributed by atoms with Crippen molar-refractivity contribution in [1.82, 2.24) is 0 Å². The Hall–Kier alpha value is -0.700. The molecule has 0 aliphatic heterocycles. The SMILES string of the molecule is CC(C)SCCCOc1ccccc1F. The van der Waals surface area contributed by atoms with Gasteiger partial charge in [0.15, 0.2) is 11.6 Å². The largest absolute Gasteiger partial charge is 0.490 e. The normalized spacial score (nSPS) is 10.7. The van der Waals surface area contributed by atoms with Crippen LogP contribution in [0.4, 0.5) is 4.39 Å². The van der Waals surface area contributed by atoms with Gasteiger partial charge in [-0.25, -0.2) is 4.39 Å². The highest BCUT2D eigenvalue weighted by Crippen LogP contribution is 2.16. The molecule has 0 atom stereocenters. The molecule has 1 nitrogen and oxygen atoms in total. The third-order valence-electron chi connectivity index (χ3n) is 1.83. The van der Waals surface area contributed by atoms with Crippen LogP contribution >= 0.6 is 11.8 Å². The fourth-order valence-corrected chi connectivity index (χ4v) is 1.88.